The van der Waals surface area contributed by atoms with E-state index in [0.29, 0.717) is 5.82 Å². The topological polar surface area (TPSA) is 132 Å². The first-order chi connectivity index (χ1) is 13.4. The lowest BCUT2D eigenvalue weighted by atomic mass is 10.1. The largest absolute Gasteiger partial charge is 0.497 e. The van der Waals surface area contributed by atoms with E-state index < -0.39 is 42.4 Å². The van der Waals surface area contributed by atoms with Crippen molar-refractivity contribution in [3.8, 4) is 5.75 Å². The Hall–Kier alpha value is -2.32. The van der Waals surface area contributed by atoms with Crippen LogP contribution in [0, 0.1) is 5.92 Å². The summed E-state index contributed by atoms with van der Waals surface area (Å²) in [6.45, 7) is 3.49. The number of methoxy groups -OCH3 is 1. The van der Waals surface area contributed by atoms with Crippen LogP contribution in [0.2, 0.25) is 0 Å². The zero-order valence-corrected chi connectivity index (χ0v) is 17.6. The molecule has 1 unspecified atom stereocenters. The summed E-state index contributed by atoms with van der Waals surface area (Å²) in [7, 11) is -6.58. The van der Waals surface area contributed by atoms with E-state index in [9.17, 15) is 25.6 Å². The van der Waals surface area contributed by atoms with Gasteiger partial charge in [0.1, 0.15) is 17.0 Å². The van der Waals surface area contributed by atoms with Gasteiger partial charge in [-0.25, -0.2) is 21.6 Å². The zero-order chi connectivity index (χ0) is 22.0. The number of ether oxygens (including phenoxy) is 1. The van der Waals surface area contributed by atoms with E-state index in [4.69, 9.17) is 4.74 Å². The van der Waals surface area contributed by atoms with E-state index in [1.165, 1.54) is 24.1 Å². The number of aromatic nitrogens is 3. The molecule has 1 aromatic carbocycles. The second kappa shape index (κ2) is 8.59. The monoisotopic (exact) mass is 453 g/mol. The van der Waals surface area contributed by atoms with Crippen LogP contribution in [-0.4, -0.2) is 44.5 Å². The van der Waals surface area contributed by atoms with Crippen LogP contribution in [0.25, 0.3) is 0 Å². The van der Waals surface area contributed by atoms with Crippen molar-refractivity contribution < 1.29 is 30.4 Å². The lowest BCUT2D eigenvalue weighted by Crippen LogP contribution is -2.34. The Bertz CT molecular complexity index is 1070. The Morgan fingerprint density at radius 2 is 1.83 bits per heavy atom. The maximum atomic E-state index is 13.0. The molecule has 1 atom stereocenters. The van der Waals surface area contributed by atoms with E-state index in [2.05, 4.69) is 14.9 Å². The molecule has 2 rings (SSSR count). The molecule has 0 aliphatic carbocycles. The number of hydrogen-bond donors (Lipinski definition) is 2. The second-order valence-corrected chi connectivity index (χ2v) is 9.75. The zero-order valence-electron chi connectivity index (χ0n) is 16.0. The first-order valence-electron chi connectivity index (χ1n) is 8.23. The molecule has 0 radical (unpaired) electrons. The van der Waals surface area contributed by atoms with Gasteiger partial charge in [-0.2, -0.15) is 8.78 Å². The standard InChI is InChI=1S/C15H21F2N5O5S2/c1-9(2)13(14-19-18-8-22(14)3)21-28(23,24)12-6-5-10(27-4)7-11(12)20-29(25,26)15(16)17/h5-9,13,15,20-21H,1-4H3. The number of nitrogens with zero attached hydrogens (tertiary/aromatic N) is 3. The van der Waals surface area contributed by atoms with Crippen molar-refractivity contribution in [2.75, 3.05) is 11.8 Å². The number of rotatable bonds is 9. The predicted octanol–water partition coefficient (Wildman–Crippen LogP) is 1.46. The third-order valence-corrected chi connectivity index (χ3v) is 6.41. The molecule has 2 aromatic rings. The number of benzene rings is 1. The van der Waals surface area contributed by atoms with Crippen LogP contribution in [0.1, 0.15) is 25.7 Å². The summed E-state index contributed by atoms with van der Waals surface area (Å²) < 4.78 is 85.3. The maximum Gasteiger partial charge on any atom is 0.355 e. The van der Waals surface area contributed by atoms with Crippen molar-refractivity contribution in [3.63, 3.8) is 0 Å². The van der Waals surface area contributed by atoms with Crippen LogP contribution in [0.5, 0.6) is 5.75 Å². The van der Waals surface area contributed by atoms with E-state index >= 15 is 0 Å². The van der Waals surface area contributed by atoms with Crippen LogP contribution >= 0.6 is 0 Å². The average Bonchev–Trinajstić information content (AvgIpc) is 3.04. The number of anilines is 1. The van der Waals surface area contributed by atoms with E-state index in [0.717, 1.165) is 12.1 Å². The van der Waals surface area contributed by atoms with Gasteiger partial charge in [0.2, 0.25) is 10.0 Å². The molecule has 29 heavy (non-hydrogen) atoms. The van der Waals surface area contributed by atoms with Gasteiger partial charge >= 0.3 is 5.76 Å². The highest BCUT2D eigenvalue weighted by Crippen LogP contribution is 2.30. The number of halogens is 2. The van der Waals surface area contributed by atoms with Crippen LogP contribution in [0.4, 0.5) is 14.5 Å². The van der Waals surface area contributed by atoms with Crippen LogP contribution in [0.3, 0.4) is 0 Å². The summed E-state index contributed by atoms with van der Waals surface area (Å²) in [5.74, 6) is -3.61. The first-order valence-corrected chi connectivity index (χ1v) is 11.3. The molecule has 0 saturated carbocycles. The summed E-state index contributed by atoms with van der Waals surface area (Å²) in [5, 5.41) is 7.63. The van der Waals surface area contributed by atoms with Crippen LogP contribution in [0.15, 0.2) is 29.4 Å². The van der Waals surface area contributed by atoms with Crippen molar-refractivity contribution in [1.82, 2.24) is 19.5 Å². The number of alkyl halides is 2. The molecule has 0 aliphatic rings. The summed E-state index contributed by atoms with van der Waals surface area (Å²) in [6, 6.07) is 2.51. The Morgan fingerprint density at radius 1 is 1.17 bits per heavy atom. The van der Waals surface area contributed by atoms with Gasteiger partial charge in [-0.3, -0.25) is 4.72 Å². The van der Waals surface area contributed by atoms with Gasteiger partial charge in [-0.05, 0) is 18.1 Å². The Morgan fingerprint density at radius 3 is 2.31 bits per heavy atom. The summed E-state index contributed by atoms with van der Waals surface area (Å²) in [4.78, 5) is -0.546. The van der Waals surface area contributed by atoms with Gasteiger partial charge in [0.05, 0.1) is 18.8 Å². The Balaban J connectivity index is 2.52. The molecular formula is C15H21F2N5O5S2. The SMILES string of the molecule is COc1ccc(S(=O)(=O)NC(c2nncn2C)C(C)C)c(NS(=O)(=O)C(F)F)c1. The predicted molar refractivity (Wildman–Crippen MR) is 100 cm³/mol. The molecule has 0 bridgehead atoms. The third-order valence-electron chi connectivity index (χ3n) is 3.94. The highest BCUT2D eigenvalue weighted by atomic mass is 32.2. The molecule has 0 fully saturated rings. The molecule has 1 aromatic heterocycles. The Kier molecular flexibility index (Phi) is 6.80. The number of hydrogen-bond acceptors (Lipinski definition) is 7. The lowest BCUT2D eigenvalue weighted by molar-refractivity contribution is 0.236. The number of nitrogens with one attached hydrogen (secondary N) is 2. The van der Waals surface area contributed by atoms with E-state index in [1.807, 2.05) is 0 Å². The molecular weight excluding hydrogens is 432 g/mol. The van der Waals surface area contributed by atoms with Gasteiger partial charge in [0, 0.05) is 13.1 Å². The van der Waals surface area contributed by atoms with Crippen molar-refractivity contribution in [1.29, 1.82) is 0 Å². The van der Waals surface area contributed by atoms with Gasteiger partial charge in [-0.15, -0.1) is 10.2 Å². The van der Waals surface area contributed by atoms with Gasteiger partial charge in [0.25, 0.3) is 10.0 Å². The van der Waals surface area contributed by atoms with Gasteiger partial charge < -0.3 is 9.30 Å². The van der Waals surface area contributed by atoms with Crippen LogP contribution < -0.4 is 14.2 Å². The number of aryl methyl sites for hydroxylation is 1. The molecule has 0 amide bonds. The van der Waals surface area contributed by atoms with Crippen molar-refractivity contribution in [2.24, 2.45) is 13.0 Å². The van der Waals surface area contributed by atoms with Crippen molar-refractivity contribution in [3.05, 3.63) is 30.4 Å². The third kappa shape index (κ3) is 5.19. The van der Waals surface area contributed by atoms with Crippen LogP contribution in [-0.2, 0) is 27.1 Å². The molecule has 0 aliphatic heterocycles. The highest BCUT2D eigenvalue weighted by molar-refractivity contribution is 7.93. The molecule has 2 N–H and O–H groups in total. The quantitative estimate of drug-likeness (QED) is 0.587. The first kappa shape index (κ1) is 23.0. The molecule has 0 saturated heterocycles. The van der Waals surface area contributed by atoms with E-state index in [1.54, 1.807) is 25.6 Å². The minimum Gasteiger partial charge on any atom is -0.497 e. The molecule has 0 spiro atoms. The number of sulfonamides is 2. The highest BCUT2D eigenvalue weighted by Gasteiger charge is 2.31. The summed E-state index contributed by atoms with van der Waals surface area (Å²) in [6.07, 6.45) is 1.40. The van der Waals surface area contributed by atoms with E-state index in [-0.39, 0.29) is 11.7 Å². The minimum atomic E-state index is -5.11. The smallest absolute Gasteiger partial charge is 0.355 e. The maximum absolute atomic E-state index is 13.0. The molecule has 1 heterocycles. The van der Waals surface area contributed by atoms with Gasteiger partial charge in [0.15, 0.2) is 5.82 Å². The summed E-state index contributed by atoms with van der Waals surface area (Å²) >= 11 is 0. The lowest BCUT2D eigenvalue weighted by Gasteiger charge is -2.22. The second-order valence-electron chi connectivity index (χ2n) is 6.41. The molecule has 10 nitrogen and oxygen atoms in total. The fraction of sp³-hybridized carbons (Fsp3) is 0.467. The van der Waals surface area contributed by atoms with Crippen molar-refractivity contribution >= 4 is 25.7 Å². The molecule has 162 valence electrons. The Labute approximate surface area is 167 Å². The summed E-state index contributed by atoms with van der Waals surface area (Å²) in [5.41, 5.74) is -0.572. The average molecular weight is 453 g/mol. The normalized spacial score (nSPS) is 13.7. The van der Waals surface area contributed by atoms with Crippen molar-refractivity contribution in [2.45, 2.75) is 30.5 Å². The fourth-order valence-electron chi connectivity index (χ4n) is 2.44. The molecule has 14 heteroatoms. The fourth-order valence-corrected chi connectivity index (χ4v) is 4.55. The van der Waals surface area contributed by atoms with Gasteiger partial charge in [-0.1, -0.05) is 13.8 Å². The minimum absolute atomic E-state index is 0.0737.